The first-order chi connectivity index (χ1) is 15.1. The second-order valence-electron chi connectivity index (χ2n) is 7.04. The van der Waals surface area contributed by atoms with E-state index in [1.165, 1.54) is 11.8 Å². The van der Waals surface area contributed by atoms with Crippen LogP contribution in [-0.2, 0) is 4.79 Å². The van der Waals surface area contributed by atoms with Gasteiger partial charge in [-0.1, -0.05) is 36.0 Å². The first kappa shape index (κ1) is 20.7. The Balaban J connectivity index is 1.60. The van der Waals surface area contributed by atoms with Crippen molar-refractivity contribution in [3.8, 4) is 17.1 Å². The SMILES string of the molecule is COc1ccccc1-c1nnc(SCC(=O)Nc2cc(C)ccc2C)n1-n1cccc1. The Morgan fingerprint density at radius 1 is 1.06 bits per heavy atom. The quantitative estimate of drug-likeness (QED) is 0.437. The Kier molecular flexibility index (Phi) is 6.08. The third-order valence-corrected chi connectivity index (χ3v) is 5.70. The molecule has 0 aliphatic carbocycles. The maximum absolute atomic E-state index is 12.6. The van der Waals surface area contributed by atoms with Gasteiger partial charge in [0.2, 0.25) is 11.1 Å². The highest BCUT2D eigenvalue weighted by Crippen LogP contribution is 2.31. The van der Waals surface area contributed by atoms with Crippen molar-refractivity contribution in [1.82, 2.24) is 19.5 Å². The monoisotopic (exact) mass is 433 g/mol. The average Bonchev–Trinajstić information content (AvgIpc) is 3.44. The normalized spacial score (nSPS) is 10.8. The van der Waals surface area contributed by atoms with Gasteiger partial charge in [-0.25, -0.2) is 4.68 Å². The topological polar surface area (TPSA) is 74.0 Å². The molecule has 31 heavy (non-hydrogen) atoms. The number of carbonyl (C=O) groups excluding carboxylic acids is 1. The zero-order valence-electron chi connectivity index (χ0n) is 17.6. The summed E-state index contributed by atoms with van der Waals surface area (Å²) in [5.74, 6) is 1.44. The fourth-order valence-electron chi connectivity index (χ4n) is 3.21. The van der Waals surface area contributed by atoms with E-state index < -0.39 is 0 Å². The number of nitrogens with zero attached hydrogens (tertiary/aromatic N) is 4. The molecule has 0 bridgehead atoms. The fourth-order valence-corrected chi connectivity index (χ4v) is 3.94. The number of nitrogens with one attached hydrogen (secondary N) is 1. The number of hydrogen-bond donors (Lipinski definition) is 1. The summed E-state index contributed by atoms with van der Waals surface area (Å²) < 4.78 is 9.26. The van der Waals surface area contributed by atoms with E-state index in [9.17, 15) is 4.79 Å². The van der Waals surface area contributed by atoms with Crippen molar-refractivity contribution < 1.29 is 9.53 Å². The molecule has 8 heteroatoms. The van der Waals surface area contributed by atoms with Gasteiger partial charge in [0, 0.05) is 18.1 Å². The van der Waals surface area contributed by atoms with Crippen LogP contribution in [0.5, 0.6) is 5.75 Å². The highest BCUT2D eigenvalue weighted by molar-refractivity contribution is 7.99. The molecule has 0 aliphatic heterocycles. The van der Waals surface area contributed by atoms with Gasteiger partial charge in [-0.05, 0) is 55.3 Å². The molecule has 2 aromatic heterocycles. The van der Waals surface area contributed by atoms with Crippen LogP contribution in [0, 0.1) is 13.8 Å². The number of ether oxygens (including phenoxy) is 1. The first-order valence-corrected chi connectivity index (χ1v) is 10.8. The maximum atomic E-state index is 12.6. The van der Waals surface area contributed by atoms with Gasteiger partial charge in [0.1, 0.15) is 5.75 Å². The Morgan fingerprint density at radius 3 is 2.61 bits per heavy atom. The second-order valence-corrected chi connectivity index (χ2v) is 7.98. The molecule has 0 fully saturated rings. The minimum Gasteiger partial charge on any atom is -0.496 e. The summed E-state index contributed by atoms with van der Waals surface area (Å²) >= 11 is 1.33. The van der Waals surface area contributed by atoms with Crippen molar-refractivity contribution in [2.24, 2.45) is 0 Å². The van der Waals surface area contributed by atoms with E-state index in [0.29, 0.717) is 16.7 Å². The Labute approximate surface area is 185 Å². The van der Waals surface area contributed by atoms with Crippen LogP contribution in [0.15, 0.2) is 72.1 Å². The lowest BCUT2D eigenvalue weighted by Crippen LogP contribution is -2.16. The zero-order valence-corrected chi connectivity index (χ0v) is 18.4. The van der Waals surface area contributed by atoms with E-state index in [0.717, 1.165) is 22.4 Å². The van der Waals surface area contributed by atoms with Gasteiger partial charge in [0.25, 0.3) is 0 Å². The Bertz CT molecular complexity index is 1200. The highest BCUT2D eigenvalue weighted by atomic mass is 32.2. The molecule has 0 spiro atoms. The van der Waals surface area contributed by atoms with Crippen molar-refractivity contribution in [2.45, 2.75) is 19.0 Å². The number of anilines is 1. The van der Waals surface area contributed by atoms with Crippen molar-refractivity contribution in [3.63, 3.8) is 0 Å². The lowest BCUT2D eigenvalue weighted by atomic mass is 10.1. The molecule has 2 aromatic carbocycles. The molecular weight excluding hydrogens is 410 g/mol. The Morgan fingerprint density at radius 2 is 1.84 bits per heavy atom. The number of rotatable bonds is 7. The number of thioether (sulfide) groups is 1. The van der Waals surface area contributed by atoms with Crippen LogP contribution in [0.1, 0.15) is 11.1 Å². The number of methoxy groups -OCH3 is 1. The van der Waals surface area contributed by atoms with Crippen LogP contribution in [0.3, 0.4) is 0 Å². The highest BCUT2D eigenvalue weighted by Gasteiger charge is 2.19. The van der Waals surface area contributed by atoms with Crippen LogP contribution < -0.4 is 10.1 Å². The van der Waals surface area contributed by atoms with E-state index in [1.54, 1.807) is 7.11 Å². The third-order valence-electron chi connectivity index (χ3n) is 4.78. The summed E-state index contributed by atoms with van der Waals surface area (Å²) in [5, 5.41) is 12.3. The molecule has 2 heterocycles. The van der Waals surface area contributed by atoms with Crippen LogP contribution in [-0.4, -0.2) is 38.3 Å². The second kappa shape index (κ2) is 9.09. The molecule has 158 valence electrons. The van der Waals surface area contributed by atoms with E-state index in [4.69, 9.17) is 4.74 Å². The molecule has 0 unspecified atom stereocenters. The largest absolute Gasteiger partial charge is 0.496 e. The van der Waals surface area contributed by atoms with Gasteiger partial charge in [0.05, 0.1) is 18.4 Å². The van der Waals surface area contributed by atoms with E-state index in [2.05, 4.69) is 15.5 Å². The van der Waals surface area contributed by atoms with Crippen molar-refractivity contribution in [2.75, 3.05) is 18.2 Å². The Hall–Kier alpha value is -3.52. The van der Waals surface area contributed by atoms with Crippen LogP contribution in [0.4, 0.5) is 5.69 Å². The lowest BCUT2D eigenvalue weighted by molar-refractivity contribution is -0.113. The molecule has 0 atom stereocenters. The molecule has 0 saturated heterocycles. The van der Waals surface area contributed by atoms with Gasteiger partial charge in [-0.15, -0.1) is 10.2 Å². The number of carbonyl (C=O) groups is 1. The number of amides is 1. The zero-order chi connectivity index (χ0) is 21.8. The predicted molar refractivity (Wildman–Crippen MR) is 123 cm³/mol. The number of hydrogen-bond acceptors (Lipinski definition) is 5. The standard InChI is InChI=1S/C23H23N5O2S/c1-16-10-11-17(2)19(14-16)24-21(29)15-31-23-26-25-22(28(23)27-12-6-7-13-27)18-8-4-5-9-20(18)30-3/h4-14H,15H2,1-3H3,(H,24,29). The average molecular weight is 434 g/mol. The molecule has 4 aromatic rings. The fraction of sp³-hybridized carbons (Fsp3) is 0.174. The van der Waals surface area contributed by atoms with Gasteiger partial charge in [0.15, 0.2) is 5.82 Å². The van der Waals surface area contributed by atoms with Gasteiger partial charge in [-0.2, -0.15) is 0 Å². The number of aromatic nitrogens is 4. The van der Waals surface area contributed by atoms with E-state index in [-0.39, 0.29) is 11.7 Å². The van der Waals surface area contributed by atoms with Crippen LogP contribution in [0.2, 0.25) is 0 Å². The molecule has 0 aliphatic rings. The predicted octanol–water partition coefficient (Wildman–Crippen LogP) is 4.41. The minimum absolute atomic E-state index is 0.0976. The number of aryl methyl sites for hydroxylation is 2. The van der Waals surface area contributed by atoms with Gasteiger partial charge >= 0.3 is 0 Å². The van der Waals surface area contributed by atoms with Crippen molar-refractivity contribution in [3.05, 3.63) is 78.1 Å². The molecule has 4 rings (SSSR count). The molecular formula is C23H23N5O2S. The summed E-state index contributed by atoms with van der Waals surface area (Å²) in [7, 11) is 1.63. The summed E-state index contributed by atoms with van der Waals surface area (Å²) in [5.41, 5.74) is 3.77. The molecule has 1 N–H and O–H groups in total. The van der Waals surface area contributed by atoms with Crippen LogP contribution >= 0.6 is 11.8 Å². The first-order valence-electron chi connectivity index (χ1n) is 9.79. The molecule has 7 nitrogen and oxygen atoms in total. The number of benzene rings is 2. The van der Waals surface area contributed by atoms with E-state index in [1.807, 2.05) is 90.2 Å². The summed E-state index contributed by atoms with van der Waals surface area (Å²) in [6.07, 6.45) is 3.81. The summed E-state index contributed by atoms with van der Waals surface area (Å²) in [4.78, 5) is 12.6. The van der Waals surface area contributed by atoms with Crippen molar-refractivity contribution >= 4 is 23.4 Å². The third kappa shape index (κ3) is 4.49. The molecule has 0 saturated carbocycles. The van der Waals surface area contributed by atoms with Crippen LogP contribution in [0.25, 0.3) is 11.4 Å². The van der Waals surface area contributed by atoms with E-state index >= 15 is 0 Å². The molecule has 1 amide bonds. The number of para-hydroxylation sites is 1. The van der Waals surface area contributed by atoms with Crippen molar-refractivity contribution in [1.29, 1.82) is 0 Å². The minimum atomic E-state index is -0.0976. The van der Waals surface area contributed by atoms with Gasteiger partial charge < -0.3 is 10.1 Å². The lowest BCUT2D eigenvalue weighted by Gasteiger charge is -2.13. The summed E-state index contributed by atoms with van der Waals surface area (Å²) in [6, 6.07) is 17.5. The maximum Gasteiger partial charge on any atom is 0.234 e. The molecule has 0 radical (unpaired) electrons. The van der Waals surface area contributed by atoms with Gasteiger partial charge in [-0.3, -0.25) is 9.47 Å². The smallest absolute Gasteiger partial charge is 0.234 e. The summed E-state index contributed by atoms with van der Waals surface area (Å²) in [6.45, 7) is 3.98.